The Kier molecular flexibility index (Phi) is 9.04. The van der Waals surface area contributed by atoms with Gasteiger partial charge in [0.15, 0.2) is 12.6 Å². The molecule has 2 heterocycles. The van der Waals surface area contributed by atoms with Gasteiger partial charge in [0.2, 0.25) is 0 Å². The standard InChI is InChI=1S/C20H26N4O2S.HI/c1-3-21-20(23-13-18-15(2)9-12-27-18)22-10-6-11-24-16-7-4-5-8-17(16)26-14-19(24)25;/h4-5,7-9,12H,3,6,10-11,13-14H2,1-2H3,(H2,21,22,23);1H. The molecule has 2 aromatic rings. The fourth-order valence-electron chi connectivity index (χ4n) is 2.90. The third-order valence-corrected chi connectivity index (χ3v) is 5.36. The number of anilines is 1. The lowest BCUT2D eigenvalue weighted by Crippen LogP contribution is -2.42. The average molecular weight is 514 g/mol. The lowest BCUT2D eigenvalue weighted by Gasteiger charge is -2.29. The predicted molar refractivity (Wildman–Crippen MR) is 126 cm³/mol. The van der Waals surface area contributed by atoms with Gasteiger partial charge in [-0.1, -0.05) is 12.1 Å². The first-order chi connectivity index (χ1) is 13.2. The maximum atomic E-state index is 12.2. The molecule has 6 nitrogen and oxygen atoms in total. The number of benzene rings is 1. The Labute approximate surface area is 187 Å². The number of nitrogens with one attached hydrogen (secondary N) is 2. The maximum absolute atomic E-state index is 12.2. The summed E-state index contributed by atoms with van der Waals surface area (Å²) >= 11 is 1.73. The van der Waals surface area contributed by atoms with E-state index in [1.54, 1.807) is 16.2 Å². The second-order valence-corrected chi connectivity index (χ2v) is 7.30. The van der Waals surface area contributed by atoms with Gasteiger partial charge in [0.1, 0.15) is 5.75 Å². The number of aliphatic imine (C=N–C) groups is 1. The first-order valence-corrected chi connectivity index (χ1v) is 10.1. The quantitative estimate of drug-likeness (QED) is 0.257. The fourth-order valence-corrected chi connectivity index (χ4v) is 3.73. The van der Waals surface area contributed by atoms with E-state index >= 15 is 0 Å². The molecule has 0 saturated heterocycles. The lowest BCUT2D eigenvalue weighted by atomic mass is 10.2. The van der Waals surface area contributed by atoms with E-state index in [1.807, 2.05) is 24.3 Å². The summed E-state index contributed by atoms with van der Waals surface area (Å²) in [7, 11) is 0. The number of aryl methyl sites for hydroxylation is 1. The van der Waals surface area contributed by atoms with Crippen LogP contribution in [-0.2, 0) is 11.3 Å². The van der Waals surface area contributed by atoms with Crippen molar-refractivity contribution >= 4 is 52.9 Å². The van der Waals surface area contributed by atoms with Gasteiger partial charge in [0.25, 0.3) is 5.91 Å². The van der Waals surface area contributed by atoms with Crippen molar-refractivity contribution < 1.29 is 9.53 Å². The second kappa shape index (κ2) is 11.3. The van der Waals surface area contributed by atoms with Crippen LogP contribution >= 0.6 is 35.3 Å². The van der Waals surface area contributed by atoms with Crippen molar-refractivity contribution in [3.05, 3.63) is 46.2 Å². The second-order valence-electron chi connectivity index (χ2n) is 6.30. The third-order valence-electron chi connectivity index (χ3n) is 4.35. The van der Waals surface area contributed by atoms with E-state index in [0.717, 1.165) is 36.9 Å². The number of thiophene rings is 1. The van der Waals surface area contributed by atoms with E-state index in [-0.39, 0.29) is 36.5 Å². The summed E-state index contributed by atoms with van der Waals surface area (Å²) in [5.41, 5.74) is 2.13. The van der Waals surface area contributed by atoms with Crippen LogP contribution in [0.15, 0.2) is 40.7 Å². The smallest absolute Gasteiger partial charge is 0.265 e. The van der Waals surface area contributed by atoms with E-state index in [0.29, 0.717) is 13.1 Å². The number of hydrogen-bond donors (Lipinski definition) is 2. The van der Waals surface area contributed by atoms with Crippen LogP contribution in [0.4, 0.5) is 5.69 Å². The van der Waals surface area contributed by atoms with E-state index in [2.05, 4.69) is 40.9 Å². The summed E-state index contributed by atoms with van der Waals surface area (Å²) in [6, 6.07) is 9.79. The molecule has 0 bridgehead atoms. The van der Waals surface area contributed by atoms with Crippen LogP contribution in [0.1, 0.15) is 23.8 Å². The number of nitrogens with zero attached hydrogens (tertiary/aromatic N) is 2. The summed E-state index contributed by atoms with van der Waals surface area (Å²) in [4.78, 5) is 19.9. The Morgan fingerprint density at radius 3 is 2.86 bits per heavy atom. The molecule has 1 aromatic heterocycles. The molecule has 0 atom stereocenters. The number of carbonyl (C=O) groups excluding carboxylic acids is 1. The number of fused-ring (bicyclic) bond motifs is 1. The van der Waals surface area contributed by atoms with Crippen LogP contribution in [0, 0.1) is 6.92 Å². The van der Waals surface area contributed by atoms with Gasteiger partial charge in [-0.3, -0.25) is 4.79 Å². The number of amides is 1. The summed E-state index contributed by atoms with van der Waals surface area (Å²) in [5.74, 6) is 1.58. The highest BCUT2D eigenvalue weighted by Crippen LogP contribution is 2.31. The van der Waals surface area contributed by atoms with Crippen molar-refractivity contribution in [1.29, 1.82) is 0 Å². The number of ether oxygens (including phenoxy) is 1. The minimum absolute atomic E-state index is 0. The number of hydrogen-bond acceptors (Lipinski definition) is 4. The van der Waals surface area contributed by atoms with Gasteiger partial charge in [-0.25, -0.2) is 4.99 Å². The van der Waals surface area contributed by atoms with E-state index in [1.165, 1.54) is 10.4 Å². The highest BCUT2D eigenvalue weighted by molar-refractivity contribution is 14.0. The van der Waals surface area contributed by atoms with Crippen molar-refractivity contribution in [2.45, 2.75) is 26.8 Å². The van der Waals surface area contributed by atoms with Gasteiger partial charge in [-0.2, -0.15) is 0 Å². The van der Waals surface area contributed by atoms with Gasteiger partial charge < -0.3 is 20.3 Å². The largest absolute Gasteiger partial charge is 0.482 e. The molecule has 0 spiro atoms. The number of carbonyl (C=O) groups is 1. The topological polar surface area (TPSA) is 66.0 Å². The van der Waals surface area contributed by atoms with Crippen molar-refractivity contribution in [2.24, 2.45) is 4.99 Å². The Hall–Kier alpha value is -1.81. The molecule has 0 aliphatic carbocycles. The van der Waals surface area contributed by atoms with E-state index < -0.39 is 0 Å². The molecule has 2 N–H and O–H groups in total. The van der Waals surface area contributed by atoms with Crippen molar-refractivity contribution in [3.63, 3.8) is 0 Å². The zero-order valence-electron chi connectivity index (χ0n) is 16.2. The molecule has 1 aliphatic heterocycles. The van der Waals surface area contributed by atoms with Gasteiger partial charge in [-0.15, -0.1) is 35.3 Å². The lowest BCUT2D eigenvalue weighted by molar-refractivity contribution is -0.121. The zero-order chi connectivity index (χ0) is 19.1. The van der Waals surface area contributed by atoms with Gasteiger partial charge in [0.05, 0.1) is 12.2 Å². The molecule has 8 heteroatoms. The minimum Gasteiger partial charge on any atom is -0.482 e. The first kappa shape index (κ1) is 22.5. The molecule has 0 fully saturated rings. The van der Waals surface area contributed by atoms with E-state index in [9.17, 15) is 4.79 Å². The summed E-state index contributed by atoms with van der Waals surface area (Å²) in [5, 5.41) is 8.72. The van der Waals surface area contributed by atoms with Gasteiger partial charge in [0, 0.05) is 24.5 Å². The summed E-state index contributed by atoms with van der Waals surface area (Å²) in [6.07, 6.45) is 0.822. The van der Waals surface area contributed by atoms with Gasteiger partial charge in [-0.05, 0) is 49.4 Å². The highest BCUT2D eigenvalue weighted by atomic mass is 127. The van der Waals surface area contributed by atoms with Crippen LogP contribution in [0.2, 0.25) is 0 Å². The molecule has 0 radical (unpaired) electrons. The van der Waals surface area contributed by atoms with Crippen LogP contribution < -0.4 is 20.3 Å². The predicted octanol–water partition coefficient (Wildman–Crippen LogP) is 3.55. The van der Waals surface area contributed by atoms with Crippen molar-refractivity contribution in [1.82, 2.24) is 10.6 Å². The molecular formula is C20H27IN4O2S. The maximum Gasteiger partial charge on any atom is 0.265 e. The Bertz CT molecular complexity index is 809. The molecule has 0 unspecified atom stereocenters. The summed E-state index contributed by atoms with van der Waals surface area (Å²) < 4.78 is 5.48. The Balaban J connectivity index is 0.00000280. The average Bonchev–Trinajstić information content (AvgIpc) is 3.09. The minimum atomic E-state index is 0. The molecule has 28 heavy (non-hydrogen) atoms. The van der Waals surface area contributed by atoms with Crippen LogP contribution in [-0.4, -0.2) is 38.1 Å². The monoisotopic (exact) mass is 514 g/mol. The highest BCUT2D eigenvalue weighted by Gasteiger charge is 2.24. The molecule has 0 saturated carbocycles. The molecule has 3 rings (SSSR count). The SMILES string of the molecule is CCNC(=NCc1sccc1C)NCCCN1C(=O)COc2ccccc21.I. The zero-order valence-corrected chi connectivity index (χ0v) is 19.4. The van der Waals surface area contributed by atoms with Crippen LogP contribution in [0.3, 0.4) is 0 Å². The number of halogens is 1. The van der Waals surface area contributed by atoms with Crippen LogP contribution in [0.5, 0.6) is 5.75 Å². The van der Waals surface area contributed by atoms with E-state index in [4.69, 9.17) is 4.74 Å². The fraction of sp³-hybridized carbons (Fsp3) is 0.400. The Morgan fingerprint density at radius 1 is 1.29 bits per heavy atom. The molecule has 1 aromatic carbocycles. The molecular weight excluding hydrogens is 487 g/mol. The number of guanidine groups is 1. The molecule has 1 amide bonds. The first-order valence-electron chi connectivity index (χ1n) is 9.26. The molecule has 152 valence electrons. The Morgan fingerprint density at radius 2 is 2.11 bits per heavy atom. The van der Waals surface area contributed by atoms with Gasteiger partial charge >= 0.3 is 0 Å². The molecule has 1 aliphatic rings. The third kappa shape index (κ3) is 5.84. The van der Waals surface area contributed by atoms with Crippen LogP contribution in [0.25, 0.3) is 0 Å². The summed E-state index contributed by atoms with van der Waals surface area (Å²) in [6.45, 7) is 7.14. The number of para-hydroxylation sites is 2. The van der Waals surface area contributed by atoms with Crippen molar-refractivity contribution in [2.75, 3.05) is 31.1 Å². The number of rotatable bonds is 7. The van der Waals surface area contributed by atoms with Crippen molar-refractivity contribution in [3.8, 4) is 5.75 Å². The normalized spacial score (nSPS) is 13.4.